The van der Waals surface area contributed by atoms with Gasteiger partial charge in [-0.05, 0) is 36.4 Å². The van der Waals surface area contributed by atoms with Crippen LogP contribution < -0.4 is 4.74 Å². The van der Waals surface area contributed by atoms with E-state index in [1.54, 1.807) is 18.2 Å². The molecule has 1 aliphatic heterocycles. The Labute approximate surface area is 138 Å². The number of aliphatic imine (C=N–C) groups is 1. The number of cyclic esters (lactones) is 1. The number of esters is 1. The quantitative estimate of drug-likeness (QED) is 0.478. The molecular formula is C19H14FNO3. The minimum atomic E-state index is -0.562. The van der Waals surface area contributed by atoms with Gasteiger partial charge in [0, 0.05) is 11.1 Å². The zero-order chi connectivity index (χ0) is 16.9. The van der Waals surface area contributed by atoms with E-state index in [4.69, 9.17) is 9.47 Å². The van der Waals surface area contributed by atoms with Crippen LogP contribution in [-0.2, 0) is 9.53 Å². The van der Waals surface area contributed by atoms with E-state index in [-0.39, 0.29) is 17.4 Å². The molecule has 4 nitrogen and oxygen atoms in total. The van der Waals surface area contributed by atoms with E-state index in [1.165, 1.54) is 24.3 Å². The van der Waals surface area contributed by atoms with Crippen molar-refractivity contribution in [3.63, 3.8) is 0 Å². The molecule has 0 amide bonds. The number of para-hydroxylation sites is 1. The van der Waals surface area contributed by atoms with Crippen molar-refractivity contribution in [2.45, 2.75) is 0 Å². The molecule has 5 heteroatoms. The first-order valence-electron chi connectivity index (χ1n) is 7.28. The third-order valence-corrected chi connectivity index (χ3v) is 3.28. The van der Waals surface area contributed by atoms with Gasteiger partial charge in [0.1, 0.15) is 18.2 Å². The van der Waals surface area contributed by atoms with Crippen molar-refractivity contribution in [3.05, 3.63) is 83.8 Å². The zero-order valence-corrected chi connectivity index (χ0v) is 12.7. The fourth-order valence-corrected chi connectivity index (χ4v) is 2.15. The molecule has 24 heavy (non-hydrogen) atoms. The van der Waals surface area contributed by atoms with E-state index in [2.05, 4.69) is 11.6 Å². The molecule has 0 spiro atoms. The summed E-state index contributed by atoms with van der Waals surface area (Å²) in [5, 5.41) is 0. The maximum Gasteiger partial charge on any atom is 0.363 e. The largest absolute Gasteiger partial charge is 0.489 e. The zero-order valence-electron chi connectivity index (χ0n) is 12.7. The first-order valence-corrected chi connectivity index (χ1v) is 7.28. The summed E-state index contributed by atoms with van der Waals surface area (Å²) >= 11 is 0. The van der Waals surface area contributed by atoms with Crippen LogP contribution in [-0.4, -0.2) is 18.5 Å². The second kappa shape index (κ2) is 6.91. The van der Waals surface area contributed by atoms with Crippen molar-refractivity contribution in [2.24, 2.45) is 4.99 Å². The number of carbonyl (C=O) groups excluding carboxylic acids is 1. The summed E-state index contributed by atoms with van der Waals surface area (Å²) < 4.78 is 23.7. The Morgan fingerprint density at radius 2 is 1.92 bits per heavy atom. The van der Waals surface area contributed by atoms with Crippen LogP contribution in [0.1, 0.15) is 11.1 Å². The normalized spacial score (nSPS) is 15.1. The monoisotopic (exact) mass is 323 g/mol. The smallest absolute Gasteiger partial charge is 0.363 e. The molecule has 2 aromatic rings. The van der Waals surface area contributed by atoms with Crippen LogP contribution in [0.25, 0.3) is 6.08 Å². The Morgan fingerprint density at radius 1 is 1.17 bits per heavy atom. The van der Waals surface area contributed by atoms with E-state index < -0.39 is 5.97 Å². The van der Waals surface area contributed by atoms with Crippen molar-refractivity contribution in [3.8, 4) is 5.75 Å². The molecule has 0 aliphatic carbocycles. The van der Waals surface area contributed by atoms with Crippen molar-refractivity contribution in [1.29, 1.82) is 0 Å². The van der Waals surface area contributed by atoms with E-state index in [9.17, 15) is 9.18 Å². The molecule has 0 saturated heterocycles. The number of hydrogen-bond donors (Lipinski definition) is 0. The van der Waals surface area contributed by atoms with Gasteiger partial charge >= 0.3 is 5.97 Å². The lowest BCUT2D eigenvalue weighted by molar-refractivity contribution is -0.129. The first-order chi connectivity index (χ1) is 11.7. The number of hydrogen-bond acceptors (Lipinski definition) is 4. The maximum atomic E-state index is 13.0. The van der Waals surface area contributed by atoms with Crippen LogP contribution in [0.3, 0.4) is 0 Å². The number of rotatable bonds is 5. The van der Waals surface area contributed by atoms with Gasteiger partial charge in [0.2, 0.25) is 5.90 Å². The van der Waals surface area contributed by atoms with E-state index in [0.717, 1.165) is 0 Å². The number of nitrogens with zero attached hydrogens (tertiary/aromatic N) is 1. The highest BCUT2D eigenvalue weighted by atomic mass is 19.1. The predicted octanol–water partition coefficient (Wildman–Crippen LogP) is 3.74. The summed E-state index contributed by atoms with van der Waals surface area (Å²) in [6, 6.07) is 12.8. The Hall–Kier alpha value is -3.21. The van der Waals surface area contributed by atoms with Crippen LogP contribution in [0.2, 0.25) is 0 Å². The van der Waals surface area contributed by atoms with E-state index >= 15 is 0 Å². The van der Waals surface area contributed by atoms with Gasteiger partial charge in [0.25, 0.3) is 0 Å². The van der Waals surface area contributed by atoms with Gasteiger partial charge in [-0.2, -0.15) is 0 Å². The second-order valence-electron chi connectivity index (χ2n) is 4.98. The predicted molar refractivity (Wildman–Crippen MR) is 89.1 cm³/mol. The average molecular weight is 323 g/mol. The molecule has 3 rings (SSSR count). The minimum absolute atomic E-state index is 0.149. The van der Waals surface area contributed by atoms with Crippen LogP contribution in [0.15, 0.2) is 71.9 Å². The summed E-state index contributed by atoms with van der Waals surface area (Å²) in [4.78, 5) is 16.2. The highest BCUT2D eigenvalue weighted by molar-refractivity contribution is 6.12. The molecule has 2 aromatic carbocycles. The van der Waals surface area contributed by atoms with Gasteiger partial charge in [0.15, 0.2) is 5.70 Å². The highest BCUT2D eigenvalue weighted by Crippen LogP contribution is 2.24. The molecule has 0 N–H and O–H groups in total. The lowest BCUT2D eigenvalue weighted by Crippen LogP contribution is -2.05. The van der Waals surface area contributed by atoms with Gasteiger partial charge in [-0.3, -0.25) is 0 Å². The molecule has 1 aliphatic rings. The minimum Gasteiger partial charge on any atom is -0.489 e. The van der Waals surface area contributed by atoms with Crippen LogP contribution in [0.4, 0.5) is 4.39 Å². The molecule has 0 saturated carbocycles. The molecule has 1 heterocycles. The third kappa shape index (κ3) is 3.41. The molecule has 0 fully saturated rings. The summed E-state index contributed by atoms with van der Waals surface area (Å²) in [6.45, 7) is 3.96. The lowest BCUT2D eigenvalue weighted by atomic mass is 10.1. The van der Waals surface area contributed by atoms with Crippen LogP contribution >= 0.6 is 0 Å². The molecule has 0 radical (unpaired) electrons. The Bertz CT molecular complexity index is 838. The van der Waals surface area contributed by atoms with Crippen molar-refractivity contribution >= 4 is 17.9 Å². The van der Waals surface area contributed by atoms with E-state index in [1.807, 2.05) is 18.2 Å². The number of carbonyl (C=O) groups is 1. The van der Waals surface area contributed by atoms with Crippen LogP contribution in [0.5, 0.6) is 5.75 Å². The first kappa shape index (κ1) is 15.7. The average Bonchev–Trinajstić information content (AvgIpc) is 2.95. The SMILES string of the molecule is C=CCOc1ccccc1/C=C1/N=C(c2ccc(F)cc2)OC1=O. The van der Waals surface area contributed by atoms with E-state index in [0.29, 0.717) is 23.5 Å². The van der Waals surface area contributed by atoms with Crippen LogP contribution in [0, 0.1) is 5.82 Å². The topological polar surface area (TPSA) is 47.9 Å². The summed E-state index contributed by atoms with van der Waals surface area (Å²) in [5.74, 6) is -0.167. The van der Waals surface area contributed by atoms with Gasteiger partial charge in [0.05, 0.1) is 0 Å². The number of ether oxygens (including phenoxy) is 2. The van der Waals surface area contributed by atoms with Gasteiger partial charge in [-0.25, -0.2) is 14.2 Å². The second-order valence-corrected chi connectivity index (χ2v) is 4.98. The number of halogens is 1. The molecular weight excluding hydrogens is 309 g/mol. The van der Waals surface area contributed by atoms with Crippen molar-refractivity contribution in [2.75, 3.05) is 6.61 Å². The molecule has 0 aromatic heterocycles. The molecule has 0 bridgehead atoms. The summed E-state index contributed by atoms with van der Waals surface area (Å²) in [7, 11) is 0. The Balaban J connectivity index is 1.91. The third-order valence-electron chi connectivity index (χ3n) is 3.28. The lowest BCUT2D eigenvalue weighted by Gasteiger charge is -2.06. The molecule has 0 atom stereocenters. The Morgan fingerprint density at radius 3 is 2.67 bits per heavy atom. The summed E-state index contributed by atoms with van der Waals surface area (Å²) in [5.41, 5.74) is 1.39. The van der Waals surface area contributed by atoms with Gasteiger partial charge in [-0.15, -0.1) is 0 Å². The van der Waals surface area contributed by atoms with Crippen molar-refractivity contribution < 1.29 is 18.7 Å². The van der Waals surface area contributed by atoms with Crippen molar-refractivity contribution in [1.82, 2.24) is 0 Å². The summed E-state index contributed by atoms with van der Waals surface area (Å²) in [6.07, 6.45) is 3.23. The fraction of sp³-hybridized carbons (Fsp3) is 0.0526. The fourth-order valence-electron chi connectivity index (χ4n) is 2.15. The van der Waals surface area contributed by atoms with Gasteiger partial charge in [-0.1, -0.05) is 30.9 Å². The maximum absolute atomic E-state index is 13.0. The molecule has 0 unspecified atom stereocenters. The molecule has 120 valence electrons. The van der Waals surface area contributed by atoms with Gasteiger partial charge < -0.3 is 9.47 Å². The standard InChI is InChI=1S/C19H14FNO3/c1-2-11-23-17-6-4-3-5-14(17)12-16-19(22)24-18(21-16)13-7-9-15(20)10-8-13/h2-10,12H,1,11H2/b16-12+. The Kier molecular flexibility index (Phi) is 4.52. The number of benzene rings is 2. The highest BCUT2D eigenvalue weighted by Gasteiger charge is 2.24.